The van der Waals surface area contributed by atoms with Crippen LogP contribution in [-0.2, 0) is 9.47 Å². The summed E-state index contributed by atoms with van der Waals surface area (Å²) in [5.41, 5.74) is 0.320. The smallest absolute Gasteiger partial charge is 0.191 e. The summed E-state index contributed by atoms with van der Waals surface area (Å²) in [6.07, 6.45) is 7.70. The van der Waals surface area contributed by atoms with Gasteiger partial charge in [-0.05, 0) is 19.3 Å². The van der Waals surface area contributed by atoms with Gasteiger partial charge in [-0.3, -0.25) is 9.89 Å². The molecule has 26 heavy (non-hydrogen) atoms. The molecule has 2 aliphatic rings. The number of thioether (sulfide) groups is 1. The number of ether oxygens (including phenoxy) is 2. The van der Waals surface area contributed by atoms with E-state index in [0.29, 0.717) is 18.8 Å². The zero-order chi connectivity index (χ0) is 18.5. The van der Waals surface area contributed by atoms with Gasteiger partial charge in [0.25, 0.3) is 0 Å². The average Bonchev–Trinajstić information content (AvgIpc) is 2.71. The second-order valence-electron chi connectivity index (χ2n) is 7.20. The van der Waals surface area contributed by atoms with Crippen LogP contribution in [0.1, 0.15) is 38.5 Å². The van der Waals surface area contributed by atoms with E-state index in [9.17, 15) is 0 Å². The Morgan fingerprint density at radius 2 is 1.85 bits per heavy atom. The Bertz CT molecular complexity index is 397. The summed E-state index contributed by atoms with van der Waals surface area (Å²) in [4.78, 5) is 7.16. The highest BCUT2D eigenvalue weighted by atomic mass is 32.2. The van der Waals surface area contributed by atoms with Crippen molar-refractivity contribution in [2.45, 2.75) is 44.1 Å². The van der Waals surface area contributed by atoms with Crippen molar-refractivity contribution in [3.05, 3.63) is 0 Å². The van der Waals surface area contributed by atoms with Crippen LogP contribution in [0.3, 0.4) is 0 Å². The van der Waals surface area contributed by atoms with Gasteiger partial charge in [-0.1, -0.05) is 19.3 Å². The van der Waals surface area contributed by atoms with Crippen LogP contribution in [0.2, 0.25) is 0 Å². The lowest BCUT2D eigenvalue weighted by Gasteiger charge is -2.48. The molecule has 0 aromatic carbocycles. The molecule has 0 aromatic heterocycles. The van der Waals surface area contributed by atoms with E-state index in [1.165, 1.54) is 56.7 Å². The first-order chi connectivity index (χ1) is 12.8. The Balaban J connectivity index is 1.73. The molecule has 0 aromatic rings. The minimum absolute atomic E-state index is 0.320. The van der Waals surface area contributed by atoms with Gasteiger partial charge in [-0.15, -0.1) is 0 Å². The van der Waals surface area contributed by atoms with E-state index in [0.717, 1.165) is 32.1 Å². The molecule has 2 N–H and O–H groups in total. The molecule has 2 fully saturated rings. The molecule has 0 spiro atoms. The normalized spacial score (nSPS) is 21.5. The minimum atomic E-state index is 0.320. The molecule has 0 amide bonds. The number of methoxy groups -OCH3 is 1. The Kier molecular flexibility index (Phi) is 10.7. The molecule has 1 saturated heterocycles. The maximum Gasteiger partial charge on any atom is 0.191 e. The van der Waals surface area contributed by atoms with E-state index >= 15 is 0 Å². The standard InChI is InChI=1S/C19H38N4O2S/c1-20-18(21-9-6-12-25-14-13-24-2)22-17-19(7-4-3-5-8-19)23-10-15-26-16-11-23/h3-17H2,1-2H3,(H2,20,21,22). The van der Waals surface area contributed by atoms with Crippen molar-refractivity contribution in [2.75, 3.05) is 71.7 Å². The fourth-order valence-electron chi connectivity index (χ4n) is 3.95. The quantitative estimate of drug-likeness (QED) is 0.340. The molecule has 1 aliphatic heterocycles. The van der Waals surface area contributed by atoms with E-state index in [4.69, 9.17) is 9.47 Å². The van der Waals surface area contributed by atoms with Crippen molar-refractivity contribution >= 4 is 17.7 Å². The van der Waals surface area contributed by atoms with Crippen LogP contribution in [0.4, 0.5) is 0 Å². The molecule has 0 unspecified atom stereocenters. The van der Waals surface area contributed by atoms with Gasteiger partial charge in [0.1, 0.15) is 0 Å². The Labute approximate surface area is 163 Å². The van der Waals surface area contributed by atoms with E-state index in [1.54, 1.807) is 7.11 Å². The van der Waals surface area contributed by atoms with E-state index in [-0.39, 0.29) is 0 Å². The lowest BCUT2D eigenvalue weighted by molar-refractivity contribution is 0.0624. The van der Waals surface area contributed by atoms with Crippen LogP contribution < -0.4 is 10.6 Å². The monoisotopic (exact) mass is 386 g/mol. The number of nitrogens with one attached hydrogen (secondary N) is 2. The third-order valence-corrected chi connectivity index (χ3v) is 6.41. The molecule has 1 saturated carbocycles. The van der Waals surface area contributed by atoms with E-state index < -0.39 is 0 Å². The van der Waals surface area contributed by atoms with Gasteiger partial charge in [-0.25, -0.2) is 0 Å². The van der Waals surface area contributed by atoms with Crippen molar-refractivity contribution < 1.29 is 9.47 Å². The molecule has 0 bridgehead atoms. The van der Waals surface area contributed by atoms with Crippen molar-refractivity contribution in [3.63, 3.8) is 0 Å². The SMILES string of the molecule is CN=C(NCCCOCCOC)NCC1(N2CCSCC2)CCCCC1. The molecule has 6 nitrogen and oxygen atoms in total. The molecule has 2 rings (SSSR count). The molecular formula is C19H38N4O2S. The van der Waals surface area contributed by atoms with Gasteiger partial charge < -0.3 is 20.1 Å². The molecule has 152 valence electrons. The highest BCUT2D eigenvalue weighted by Gasteiger charge is 2.38. The highest BCUT2D eigenvalue weighted by molar-refractivity contribution is 7.99. The second kappa shape index (κ2) is 12.8. The molecule has 1 heterocycles. The molecule has 1 aliphatic carbocycles. The number of hydrogen-bond donors (Lipinski definition) is 2. The predicted molar refractivity (Wildman–Crippen MR) is 111 cm³/mol. The highest BCUT2D eigenvalue weighted by Crippen LogP contribution is 2.34. The number of hydrogen-bond acceptors (Lipinski definition) is 5. The summed E-state index contributed by atoms with van der Waals surface area (Å²) in [6, 6.07) is 0. The first kappa shape index (κ1) is 21.8. The zero-order valence-corrected chi connectivity index (χ0v) is 17.5. The number of guanidine groups is 1. The zero-order valence-electron chi connectivity index (χ0n) is 16.7. The van der Waals surface area contributed by atoms with Crippen LogP contribution in [0.15, 0.2) is 4.99 Å². The lowest BCUT2D eigenvalue weighted by Crippen LogP contribution is -2.59. The maximum atomic E-state index is 5.51. The average molecular weight is 387 g/mol. The number of rotatable bonds is 10. The van der Waals surface area contributed by atoms with Crippen molar-refractivity contribution in [2.24, 2.45) is 4.99 Å². The topological polar surface area (TPSA) is 58.1 Å². The van der Waals surface area contributed by atoms with Crippen molar-refractivity contribution in [1.29, 1.82) is 0 Å². The van der Waals surface area contributed by atoms with Gasteiger partial charge in [0.15, 0.2) is 5.96 Å². The summed E-state index contributed by atoms with van der Waals surface area (Å²) in [7, 11) is 3.55. The van der Waals surface area contributed by atoms with Crippen LogP contribution in [-0.4, -0.2) is 88.1 Å². The van der Waals surface area contributed by atoms with Crippen molar-refractivity contribution in [3.8, 4) is 0 Å². The molecular weight excluding hydrogens is 348 g/mol. The minimum Gasteiger partial charge on any atom is -0.382 e. The number of nitrogens with zero attached hydrogens (tertiary/aromatic N) is 2. The Morgan fingerprint density at radius 3 is 2.54 bits per heavy atom. The van der Waals surface area contributed by atoms with Gasteiger partial charge in [0.05, 0.1) is 13.2 Å². The summed E-state index contributed by atoms with van der Waals surface area (Å²) < 4.78 is 10.5. The lowest BCUT2D eigenvalue weighted by atomic mass is 9.80. The van der Waals surface area contributed by atoms with Crippen LogP contribution in [0, 0.1) is 0 Å². The Morgan fingerprint density at radius 1 is 1.08 bits per heavy atom. The summed E-state index contributed by atoms with van der Waals surface area (Å²) in [5, 5.41) is 7.04. The molecule has 0 radical (unpaired) electrons. The second-order valence-corrected chi connectivity index (χ2v) is 8.42. The third kappa shape index (κ3) is 7.25. The van der Waals surface area contributed by atoms with Crippen LogP contribution in [0.5, 0.6) is 0 Å². The maximum absolute atomic E-state index is 5.51. The number of aliphatic imine (C=N–C) groups is 1. The van der Waals surface area contributed by atoms with E-state index in [1.807, 2.05) is 7.05 Å². The third-order valence-electron chi connectivity index (χ3n) is 5.46. The summed E-state index contributed by atoms with van der Waals surface area (Å²) in [5.74, 6) is 3.47. The van der Waals surface area contributed by atoms with E-state index in [2.05, 4.69) is 32.3 Å². The largest absolute Gasteiger partial charge is 0.382 e. The van der Waals surface area contributed by atoms with Crippen molar-refractivity contribution in [1.82, 2.24) is 15.5 Å². The fraction of sp³-hybridized carbons (Fsp3) is 0.947. The summed E-state index contributed by atoms with van der Waals surface area (Å²) >= 11 is 2.09. The summed E-state index contributed by atoms with van der Waals surface area (Å²) in [6.45, 7) is 6.42. The Hall–Kier alpha value is -0.500. The van der Waals surface area contributed by atoms with Crippen LogP contribution in [0.25, 0.3) is 0 Å². The first-order valence-electron chi connectivity index (χ1n) is 10.1. The molecule has 7 heteroatoms. The predicted octanol–water partition coefficient (Wildman–Crippen LogP) is 1.96. The van der Waals surface area contributed by atoms with Crippen LogP contribution >= 0.6 is 11.8 Å². The van der Waals surface area contributed by atoms with Gasteiger partial charge >= 0.3 is 0 Å². The van der Waals surface area contributed by atoms with Gasteiger partial charge in [0.2, 0.25) is 0 Å². The fourth-order valence-corrected chi connectivity index (χ4v) is 4.85. The molecule has 0 atom stereocenters. The van der Waals surface area contributed by atoms with Gasteiger partial charge in [0, 0.05) is 64.0 Å². The van der Waals surface area contributed by atoms with Gasteiger partial charge in [-0.2, -0.15) is 11.8 Å². The first-order valence-corrected chi connectivity index (χ1v) is 11.3.